The van der Waals surface area contributed by atoms with Gasteiger partial charge in [-0.25, -0.2) is 0 Å². The topological polar surface area (TPSA) is 127 Å². The molecule has 0 fully saturated rings. The number of rotatable bonds is 4. The molecule has 0 radical (unpaired) electrons. The van der Waals surface area contributed by atoms with Gasteiger partial charge in [0.1, 0.15) is 11.5 Å². The summed E-state index contributed by atoms with van der Waals surface area (Å²) in [6.45, 7) is 0. The van der Waals surface area contributed by atoms with Crippen LogP contribution in [0.25, 0.3) is 0 Å². The second-order valence-corrected chi connectivity index (χ2v) is 5.00. The van der Waals surface area contributed by atoms with Gasteiger partial charge in [0.05, 0.1) is 31.8 Å². The lowest BCUT2D eigenvalue weighted by molar-refractivity contribution is -0.385. The van der Waals surface area contributed by atoms with Crippen LogP contribution >= 0.6 is 11.8 Å². The molecule has 0 aliphatic heterocycles. The van der Waals surface area contributed by atoms with Gasteiger partial charge in [-0.1, -0.05) is 11.8 Å². The minimum atomic E-state index is -0.641. The number of phenols is 2. The molecular weight excluding hydrogens is 300 g/mol. The van der Waals surface area contributed by atoms with E-state index in [1.807, 2.05) is 0 Å². The highest BCUT2D eigenvalue weighted by atomic mass is 32.2. The highest BCUT2D eigenvalue weighted by Crippen LogP contribution is 2.40. The molecule has 108 valence electrons. The Morgan fingerprint density at radius 1 is 0.810 bits per heavy atom. The molecule has 8 nitrogen and oxygen atoms in total. The second-order valence-electron chi connectivity index (χ2n) is 3.92. The van der Waals surface area contributed by atoms with Gasteiger partial charge in [0.2, 0.25) is 0 Å². The third-order valence-electron chi connectivity index (χ3n) is 2.53. The molecule has 0 aliphatic rings. The third kappa shape index (κ3) is 3.20. The van der Waals surface area contributed by atoms with E-state index in [2.05, 4.69) is 0 Å². The van der Waals surface area contributed by atoms with Crippen LogP contribution < -0.4 is 0 Å². The lowest BCUT2D eigenvalue weighted by atomic mass is 10.3. The molecule has 0 unspecified atom stereocenters. The molecule has 0 amide bonds. The van der Waals surface area contributed by atoms with E-state index in [1.54, 1.807) is 0 Å². The van der Waals surface area contributed by atoms with Crippen LogP contribution in [0.5, 0.6) is 11.5 Å². The van der Waals surface area contributed by atoms with Crippen LogP contribution in [0.1, 0.15) is 0 Å². The third-order valence-corrected chi connectivity index (χ3v) is 3.66. The standard InChI is InChI=1S/C12H8N2O6S/c15-9-5-7(13(17)18)1-3-11(9)21-12-4-2-8(14(19)20)6-10(12)16/h1-6,15-16H. The van der Waals surface area contributed by atoms with Crippen molar-refractivity contribution >= 4 is 23.1 Å². The average Bonchev–Trinajstić information content (AvgIpc) is 2.42. The van der Waals surface area contributed by atoms with E-state index < -0.39 is 9.85 Å². The van der Waals surface area contributed by atoms with Gasteiger partial charge in [0.25, 0.3) is 11.4 Å². The summed E-state index contributed by atoms with van der Waals surface area (Å²) >= 11 is 0.936. The Balaban J connectivity index is 2.30. The first-order valence-electron chi connectivity index (χ1n) is 5.51. The molecule has 9 heteroatoms. The van der Waals surface area contributed by atoms with Crippen LogP contribution in [-0.2, 0) is 0 Å². The smallest absolute Gasteiger partial charge is 0.273 e. The monoisotopic (exact) mass is 308 g/mol. The highest BCUT2D eigenvalue weighted by Gasteiger charge is 2.15. The maximum atomic E-state index is 10.6. The summed E-state index contributed by atoms with van der Waals surface area (Å²) in [6.07, 6.45) is 0. The number of nitro groups is 2. The molecule has 0 saturated heterocycles. The van der Waals surface area contributed by atoms with Crippen molar-refractivity contribution in [2.24, 2.45) is 0 Å². The first-order valence-corrected chi connectivity index (χ1v) is 6.33. The van der Waals surface area contributed by atoms with E-state index in [0.717, 1.165) is 23.9 Å². The van der Waals surface area contributed by atoms with Crippen LogP contribution in [0.15, 0.2) is 46.2 Å². The molecule has 0 atom stereocenters. The molecule has 21 heavy (non-hydrogen) atoms. The fourth-order valence-electron chi connectivity index (χ4n) is 1.53. The largest absolute Gasteiger partial charge is 0.507 e. The highest BCUT2D eigenvalue weighted by molar-refractivity contribution is 7.99. The van der Waals surface area contributed by atoms with Crippen molar-refractivity contribution in [1.82, 2.24) is 0 Å². The molecule has 0 spiro atoms. The van der Waals surface area contributed by atoms with Crippen LogP contribution in [0.4, 0.5) is 11.4 Å². The molecule has 2 aromatic rings. The normalized spacial score (nSPS) is 10.3. The summed E-state index contributed by atoms with van der Waals surface area (Å²) in [4.78, 5) is 20.4. The van der Waals surface area contributed by atoms with Gasteiger partial charge < -0.3 is 10.2 Å². The molecule has 0 aliphatic carbocycles. The Labute approximate surface area is 122 Å². The first-order chi connectivity index (χ1) is 9.88. The van der Waals surface area contributed by atoms with Crippen molar-refractivity contribution in [2.75, 3.05) is 0 Å². The Kier molecular flexibility index (Phi) is 3.94. The zero-order valence-corrected chi connectivity index (χ0v) is 11.1. The van der Waals surface area contributed by atoms with Gasteiger partial charge in [-0.15, -0.1) is 0 Å². The van der Waals surface area contributed by atoms with E-state index in [4.69, 9.17) is 0 Å². The van der Waals surface area contributed by atoms with Gasteiger partial charge in [-0.05, 0) is 12.1 Å². The Hall–Kier alpha value is -2.81. The Morgan fingerprint density at radius 2 is 1.19 bits per heavy atom. The molecule has 2 rings (SSSR count). The SMILES string of the molecule is O=[N+]([O-])c1ccc(Sc2ccc([N+](=O)[O-])cc2O)c(O)c1. The number of aromatic hydroxyl groups is 2. The van der Waals surface area contributed by atoms with Crippen molar-refractivity contribution < 1.29 is 20.1 Å². The second kappa shape index (κ2) is 5.67. The van der Waals surface area contributed by atoms with Crippen molar-refractivity contribution in [2.45, 2.75) is 9.79 Å². The fourth-order valence-corrected chi connectivity index (χ4v) is 2.37. The number of nitrogens with zero attached hydrogens (tertiary/aromatic N) is 2. The van der Waals surface area contributed by atoms with E-state index in [9.17, 15) is 30.4 Å². The summed E-state index contributed by atoms with van der Waals surface area (Å²) in [5.41, 5.74) is -0.519. The summed E-state index contributed by atoms with van der Waals surface area (Å²) in [7, 11) is 0. The minimum absolute atomic E-state index is 0.259. The fraction of sp³-hybridized carbons (Fsp3) is 0. The van der Waals surface area contributed by atoms with Crippen molar-refractivity contribution in [3.8, 4) is 11.5 Å². The van der Waals surface area contributed by atoms with Gasteiger partial charge in [-0.3, -0.25) is 20.2 Å². The number of hydrogen-bond donors (Lipinski definition) is 2. The molecule has 0 aromatic heterocycles. The van der Waals surface area contributed by atoms with Crippen LogP contribution in [0.2, 0.25) is 0 Å². The Bertz CT molecular complexity index is 672. The number of non-ortho nitro benzene ring substituents is 2. The van der Waals surface area contributed by atoms with Crippen molar-refractivity contribution in [3.05, 3.63) is 56.6 Å². The lowest BCUT2D eigenvalue weighted by Gasteiger charge is -2.06. The zero-order chi connectivity index (χ0) is 15.6. The van der Waals surface area contributed by atoms with E-state index >= 15 is 0 Å². The maximum Gasteiger partial charge on any atom is 0.273 e. The first kappa shape index (κ1) is 14.6. The average molecular weight is 308 g/mol. The van der Waals surface area contributed by atoms with E-state index in [-0.39, 0.29) is 32.7 Å². The van der Waals surface area contributed by atoms with E-state index in [1.165, 1.54) is 24.3 Å². The number of nitro benzene ring substituents is 2. The summed E-state index contributed by atoms with van der Waals surface area (Å²) in [5, 5.41) is 40.6. The molecule has 0 heterocycles. The summed E-state index contributed by atoms with van der Waals surface area (Å²) < 4.78 is 0. The minimum Gasteiger partial charge on any atom is -0.507 e. The molecule has 0 bridgehead atoms. The number of hydrogen-bond acceptors (Lipinski definition) is 7. The van der Waals surface area contributed by atoms with Gasteiger partial charge >= 0.3 is 0 Å². The van der Waals surface area contributed by atoms with Crippen LogP contribution in [0.3, 0.4) is 0 Å². The van der Waals surface area contributed by atoms with Crippen LogP contribution in [0, 0.1) is 20.2 Å². The van der Waals surface area contributed by atoms with Crippen molar-refractivity contribution in [1.29, 1.82) is 0 Å². The van der Waals surface area contributed by atoms with Gasteiger partial charge in [0, 0.05) is 12.1 Å². The number of benzene rings is 2. The van der Waals surface area contributed by atoms with Gasteiger partial charge in [0.15, 0.2) is 0 Å². The Morgan fingerprint density at radius 3 is 1.48 bits per heavy atom. The quantitative estimate of drug-likeness (QED) is 0.656. The van der Waals surface area contributed by atoms with Crippen molar-refractivity contribution in [3.63, 3.8) is 0 Å². The van der Waals surface area contributed by atoms with Gasteiger partial charge in [-0.2, -0.15) is 0 Å². The van der Waals surface area contributed by atoms with Crippen LogP contribution in [-0.4, -0.2) is 20.1 Å². The predicted molar refractivity (Wildman–Crippen MR) is 73.6 cm³/mol. The van der Waals surface area contributed by atoms with E-state index in [0.29, 0.717) is 0 Å². The molecular formula is C12H8N2O6S. The lowest BCUT2D eigenvalue weighted by Crippen LogP contribution is -1.88. The summed E-state index contributed by atoms with van der Waals surface area (Å²) in [5.74, 6) is -0.626. The molecule has 2 N–H and O–H groups in total. The maximum absolute atomic E-state index is 10.6. The molecule has 0 saturated carbocycles. The molecule has 2 aromatic carbocycles. The summed E-state index contributed by atoms with van der Waals surface area (Å²) in [6, 6.07) is 7.07. The number of phenolic OH excluding ortho intramolecular Hbond substituents is 2. The predicted octanol–water partition coefficient (Wildman–Crippen LogP) is 3.07. The zero-order valence-electron chi connectivity index (χ0n) is 10.3.